The van der Waals surface area contributed by atoms with Crippen LogP contribution in [0.5, 0.6) is 5.75 Å². The van der Waals surface area contributed by atoms with E-state index in [9.17, 15) is 9.90 Å². The Morgan fingerprint density at radius 1 is 1.35 bits per heavy atom. The van der Waals surface area contributed by atoms with Crippen LogP contribution in [0.15, 0.2) is 24.3 Å². The van der Waals surface area contributed by atoms with Gasteiger partial charge in [-0.1, -0.05) is 32.0 Å². The van der Waals surface area contributed by atoms with Crippen molar-refractivity contribution in [3.8, 4) is 5.75 Å². The second-order valence-corrected chi connectivity index (χ2v) is 5.31. The van der Waals surface area contributed by atoms with E-state index in [2.05, 4.69) is 18.7 Å². The number of rotatable bonds is 5. The maximum atomic E-state index is 12.3. The molecule has 1 aromatic carbocycles. The minimum absolute atomic E-state index is 0.112. The molecule has 1 heterocycles. The van der Waals surface area contributed by atoms with Crippen molar-refractivity contribution >= 4 is 5.91 Å². The minimum Gasteiger partial charge on any atom is -0.508 e. The van der Waals surface area contributed by atoms with Gasteiger partial charge < -0.3 is 10.0 Å². The fraction of sp³-hybridized carbons (Fsp3) is 0.562. The average molecular weight is 276 g/mol. The third-order valence-electron chi connectivity index (χ3n) is 4.18. The summed E-state index contributed by atoms with van der Waals surface area (Å²) in [6.07, 6.45) is 1.34. The SMILES string of the molecule is CCN(CC)C1CCN(C(=O)Cc2ccccc2O)C1. The molecule has 1 aliphatic heterocycles. The number of carbonyl (C=O) groups excluding carboxylic acids is 1. The van der Waals surface area contributed by atoms with E-state index in [1.807, 2.05) is 17.0 Å². The molecule has 1 atom stereocenters. The van der Waals surface area contributed by atoms with Gasteiger partial charge in [0.2, 0.25) is 5.91 Å². The first-order valence-corrected chi connectivity index (χ1v) is 7.44. The standard InChI is InChI=1S/C16H24N2O2/c1-3-17(4-2)14-9-10-18(12-14)16(20)11-13-7-5-6-8-15(13)19/h5-8,14,19H,3-4,9-12H2,1-2H3. The van der Waals surface area contributed by atoms with Crippen molar-refractivity contribution in [2.75, 3.05) is 26.2 Å². The Morgan fingerprint density at radius 2 is 2.05 bits per heavy atom. The van der Waals surface area contributed by atoms with Gasteiger partial charge in [0, 0.05) is 24.7 Å². The summed E-state index contributed by atoms with van der Waals surface area (Å²) in [6, 6.07) is 7.55. The lowest BCUT2D eigenvalue weighted by Gasteiger charge is -2.26. The lowest BCUT2D eigenvalue weighted by molar-refractivity contribution is -0.129. The van der Waals surface area contributed by atoms with Gasteiger partial charge in [0.05, 0.1) is 6.42 Å². The van der Waals surface area contributed by atoms with Crippen LogP contribution >= 0.6 is 0 Å². The Kier molecular flexibility index (Phi) is 5.01. The molecule has 0 aromatic heterocycles. The Labute approximate surface area is 121 Å². The van der Waals surface area contributed by atoms with Crippen molar-refractivity contribution < 1.29 is 9.90 Å². The van der Waals surface area contributed by atoms with E-state index < -0.39 is 0 Å². The summed E-state index contributed by atoms with van der Waals surface area (Å²) < 4.78 is 0. The minimum atomic E-state index is 0.112. The Balaban J connectivity index is 1.93. The maximum absolute atomic E-state index is 12.3. The van der Waals surface area contributed by atoms with Crippen LogP contribution < -0.4 is 0 Å². The van der Waals surface area contributed by atoms with Crippen LogP contribution in [-0.2, 0) is 11.2 Å². The average Bonchev–Trinajstić information content (AvgIpc) is 2.92. The molecule has 0 spiro atoms. The quantitative estimate of drug-likeness (QED) is 0.893. The van der Waals surface area contributed by atoms with Crippen molar-refractivity contribution in [2.45, 2.75) is 32.7 Å². The zero-order chi connectivity index (χ0) is 14.5. The molecule has 1 unspecified atom stereocenters. The van der Waals surface area contributed by atoms with Crippen molar-refractivity contribution in [1.29, 1.82) is 0 Å². The summed E-state index contributed by atoms with van der Waals surface area (Å²) in [7, 11) is 0. The Hall–Kier alpha value is -1.55. The van der Waals surface area contributed by atoms with Gasteiger partial charge in [-0.2, -0.15) is 0 Å². The van der Waals surface area contributed by atoms with Crippen molar-refractivity contribution in [2.24, 2.45) is 0 Å². The first kappa shape index (κ1) is 14.9. The Morgan fingerprint density at radius 3 is 2.70 bits per heavy atom. The van der Waals surface area contributed by atoms with Gasteiger partial charge in [0.1, 0.15) is 5.75 Å². The maximum Gasteiger partial charge on any atom is 0.227 e. The number of phenolic OH excluding ortho intramolecular Hbond substituents is 1. The van der Waals surface area contributed by atoms with Crippen molar-refractivity contribution in [3.63, 3.8) is 0 Å². The van der Waals surface area contributed by atoms with Crippen LogP contribution in [0.1, 0.15) is 25.8 Å². The number of hydrogen-bond donors (Lipinski definition) is 1. The van der Waals surface area contributed by atoms with Crippen LogP contribution in [0, 0.1) is 0 Å². The molecule has 110 valence electrons. The third-order valence-corrected chi connectivity index (χ3v) is 4.18. The number of nitrogens with zero attached hydrogens (tertiary/aromatic N) is 2. The number of amides is 1. The predicted octanol–water partition coefficient (Wildman–Crippen LogP) is 1.88. The topological polar surface area (TPSA) is 43.8 Å². The number of phenols is 1. The Bertz CT molecular complexity index is 458. The number of carbonyl (C=O) groups is 1. The number of para-hydroxylation sites is 1. The molecule has 4 heteroatoms. The molecule has 2 rings (SSSR count). The van der Waals surface area contributed by atoms with Gasteiger partial charge in [-0.25, -0.2) is 0 Å². The third kappa shape index (κ3) is 3.31. The zero-order valence-corrected chi connectivity index (χ0v) is 12.4. The summed E-state index contributed by atoms with van der Waals surface area (Å²) in [5.74, 6) is 0.321. The highest BCUT2D eigenvalue weighted by Crippen LogP contribution is 2.20. The number of hydrogen-bond acceptors (Lipinski definition) is 3. The highest BCUT2D eigenvalue weighted by Gasteiger charge is 2.29. The summed E-state index contributed by atoms with van der Waals surface area (Å²) in [5, 5.41) is 9.74. The normalized spacial score (nSPS) is 18.8. The molecule has 1 fully saturated rings. The summed E-state index contributed by atoms with van der Waals surface area (Å²) >= 11 is 0. The second-order valence-electron chi connectivity index (χ2n) is 5.31. The van der Waals surface area contributed by atoms with E-state index in [0.29, 0.717) is 11.6 Å². The van der Waals surface area contributed by atoms with E-state index in [1.165, 1.54) is 0 Å². The van der Waals surface area contributed by atoms with E-state index in [0.717, 1.165) is 32.6 Å². The van der Waals surface area contributed by atoms with E-state index in [1.54, 1.807) is 12.1 Å². The van der Waals surface area contributed by atoms with Gasteiger partial charge in [0.15, 0.2) is 0 Å². The van der Waals surface area contributed by atoms with Crippen LogP contribution in [0.25, 0.3) is 0 Å². The van der Waals surface area contributed by atoms with Crippen LogP contribution in [0.4, 0.5) is 0 Å². The fourth-order valence-corrected chi connectivity index (χ4v) is 2.94. The van der Waals surface area contributed by atoms with Crippen LogP contribution in [0.3, 0.4) is 0 Å². The van der Waals surface area contributed by atoms with Gasteiger partial charge in [0.25, 0.3) is 0 Å². The van der Waals surface area contributed by atoms with E-state index in [-0.39, 0.29) is 18.1 Å². The molecule has 0 saturated carbocycles. The lowest BCUT2D eigenvalue weighted by atomic mass is 10.1. The number of likely N-dealkylation sites (tertiary alicyclic amines) is 1. The summed E-state index contributed by atoms with van der Waals surface area (Å²) in [6.45, 7) is 8.03. The second kappa shape index (κ2) is 6.75. The zero-order valence-electron chi connectivity index (χ0n) is 12.4. The molecule has 1 saturated heterocycles. The van der Waals surface area contributed by atoms with Crippen LogP contribution in [0.2, 0.25) is 0 Å². The lowest BCUT2D eigenvalue weighted by Crippen LogP contribution is -2.39. The van der Waals surface area contributed by atoms with Gasteiger partial charge in [-0.05, 0) is 25.6 Å². The van der Waals surface area contributed by atoms with E-state index >= 15 is 0 Å². The molecule has 0 radical (unpaired) electrons. The van der Waals surface area contributed by atoms with E-state index in [4.69, 9.17) is 0 Å². The van der Waals surface area contributed by atoms with Crippen molar-refractivity contribution in [1.82, 2.24) is 9.80 Å². The van der Waals surface area contributed by atoms with Gasteiger partial charge in [-0.15, -0.1) is 0 Å². The smallest absolute Gasteiger partial charge is 0.227 e. The molecular formula is C16H24N2O2. The van der Waals surface area contributed by atoms with Gasteiger partial charge >= 0.3 is 0 Å². The monoisotopic (exact) mass is 276 g/mol. The summed E-state index contributed by atoms with van der Waals surface area (Å²) in [4.78, 5) is 16.6. The molecule has 20 heavy (non-hydrogen) atoms. The molecular weight excluding hydrogens is 252 g/mol. The fourth-order valence-electron chi connectivity index (χ4n) is 2.94. The molecule has 1 amide bonds. The highest BCUT2D eigenvalue weighted by atomic mass is 16.3. The number of likely N-dealkylation sites (N-methyl/N-ethyl adjacent to an activating group) is 1. The molecule has 1 aromatic rings. The molecule has 0 bridgehead atoms. The molecule has 4 nitrogen and oxygen atoms in total. The molecule has 1 N–H and O–H groups in total. The molecule has 1 aliphatic rings. The predicted molar refractivity (Wildman–Crippen MR) is 79.7 cm³/mol. The largest absolute Gasteiger partial charge is 0.508 e. The van der Waals surface area contributed by atoms with Crippen molar-refractivity contribution in [3.05, 3.63) is 29.8 Å². The van der Waals surface area contributed by atoms with Gasteiger partial charge in [-0.3, -0.25) is 9.69 Å². The number of aromatic hydroxyl groups is 1. The summed E-state index contributed by atoms with van der Waals surface area (Å²) in [5.41, 5.74) is 0.712. The molecule has 0 aliphatic carbocycles. The first-order chi connectivity index (χ1) is 9.65. The van der Waals surface area contributed by atoms with Crippen LogP contribution in [-0.4, -0.2) is 53.0 Å². The first-order valence-electron chi connectivity index (χ1n) is 7.44. The highest BCUT2D eigenvalue weighted by molar-refractivity contribution is 5.79. The number of benzene rings is 1.